The number of hydrogen-bond acceptors (Lipinski definition) is 1. The van der Waals surface area contributed by atoms with Crippen molar-refractivity contribution < 1.29 is 4.79 Å². The zero-order chi connectivity index (χ0) is 7.82. The standard InChI is InChI=1S/C9H10O/c1-3-4-5-6-7-8-9(2)10/h1H,4-5,8H2,2H3. The fourth-order valence-electron chi connectivity index (χ4n) is 0.410. The average molecular weight is 134 g/mol. The number of hydrogen-bond donors (Lipinski definition) is 0. The van der Waals surface area contributed by atoms with E-state index in [1.807, 2.05) is 0 Å². The molecule has 1 nitrogen and oxygen atoms in total. The van der Waals surface area contributed by atoms with Gasteiger partial charge < -0.3 is 0 Å². The number of unbranched alkanes of at least 4 members (excludes halogenated alkanes) is 1. The van der Waals surface area contributed by atoms with E-state index in [1.54, 1.807) is 0 Å². The Bertz CT molecular complexity index is 197. The normalized spacial score (nSPS) is 7.20. The lowest BCUT2D eigenvalue weighted by Crippen LogP contribution is -1.84. The fourth-order valence-corrected chi connectivity index (χ4v) is 0.410. The molecule has 0 aliphatic carbocycles. The van der Waals surface area contributed by atoms with Crippen molar-refractivity contribution in [2.45, 2.75) is 26.2 Å². The number of rotatable bonds is 2. The highest BCUT2D eigenvalue weighted by Crippen LogP contribution is 1.83. The average Bonchev–Trinajstić information content (AvgIpc) is 1.87. The van der Waals surface area contributed by atoms with Crippen molar-refractivity contribution >= 4 is 5.78 Å². The molecule has 0 saturated heterocycles. The molecule has 0 rings (SSSR count). The molecule has 0 radical (unpaired) electrons. The van der Waals surface area contributed by atoms with Gasteiger partial charge in [0.1, 0.15) is 5.78 Å². The summed E-state index contributed by atoms with van der Waals surface area (Å²) in [7, 11) is 0. The second-order valence-electron chi connectivity index (χ2n) is 1.94. The van der Waals surface area contributed by atoms with Crippen molar-refractivity contribution in [1.82, 2.24) is 0 Å². The minimum atomic E-state index is 0.105. The first kappa shape index (κ1) is 8.79. The number of terminal acetylenes is 1. The minimum absolute atomic E-state index is 0.105. The molecule has 0 N–H and O–H groups in total. The van der Waals surface area contributed by atoms with Gasteiger partial charge in [0.05, 0.1) is 6.42 Å². The van der Waals surface area contributed by atoms with E-state index in [0.717, 1.165) is 0 Å². The molecule has 0 spiro atoms. The maximum atomic E-state index is 10.3. The van der Waals surface area contributed by atoms with Crippen LogP contribution in [-0.4, -0.2) is 5.78 Å². The Morgan fingerprint density at radius 1 is 1.40 bits per heavy atom. The predicted octanol–water partition coefficient (Wildman–Crippen LogP) is 1.38. The Hall–Kier alpha value is -1.21. The van der Waals surface area contributed by atoms with Crippen LogP contribution in [0, 0.1) is 24.2 Å². The van der Waals surface area contributed by atoms with Crippen molar-refractivity contribution in [3.8, 4) is 24.2 Å². The molecule has 0 unspecified atom stereocenters. The van der Waals surface area contributed by atoms with E-state index >= 15 is 0 Å². The summed E-state index contributed by atoms with van der Waals surface area (Å²) in [5, 5.41) is 0. The van der Waals surface area contributed by atoms with E-state index in [1.165, 1.54) is 6.92 Å². The first-order chi connectivity index (χ1) is 4.77. The second kappa shape index (κ2) is 5.92. The van der Waals surface area contributed by atoms with Crippen LogP contribution in [0.25, 0.3) is 0 Å². The first-order valence-corrected chi connectivity index (χ1v) is 3.16. The first-order valence-electron chi connectivity index (χ1n) is 3.16. The Labute approximate surface area is 61.8 Å². The van der Waals surface area contributed by atoms with E-state index in [0.29, 0.717) is 19.3 Å². The Morgan fingerprint density at radius 3 is 2.60 bits per heavy atom. The highest BCUT2D eigenvalue weighted by Gasteiger charge is 1.83. The van der Waals surface area contributed by atoms with E-state index < -0.39 is 0 Å². The molecule has 10 heavy (non-hydrogen) atoms. The Morgan fingerprint density at radius 2 is 2.10 bits per heavy atom. The van der Waals surface area contributed by atoms with Crippen molar-refractivity contribution in [3.05, 3.63) is 0 Å². The molecule has 0 aromatic heterocycles. The minimum Gasteiger partial charge on any atom is -0.299 e. The highest BCUT2D eigenvalue weighted by molar-refractivity contribution is 5.77. The van der Waals surface area contributed by atoms with Crippen LogP contribution in [0.3, 0.4) is 0 Å². The maximum Gasteiger partial charge on any atom is 0.141 e. The SMILES string of the molecule is C#CCCC#CCC(C)=O. The van der Waals surface area contributed by atoms with Crippen molar-refractivity contribution in [3.63, 3.8) is 0 Å². The van der Waals surface area contributed by atoms with Crippen molar-refractivity contribution in [2.75, 3.05) is 0 Å². The molecular weight excluding hydrogens is 124 g/mol. The van der Waals surface area contributed by atoms with Crippen LogP contribution in [0.4, 0.5) is 0 Å². The topological polar surface area (TPSA) is 17.1 Å². The van der Waals surface area contributed by atoms with Gasteiger partial charge in [0, 0.05) is 12.8 Å². The van der Waals surface area contributed by atoms with Crippen LogP contribution in [0.15, 0.2) is 0 Å². The lowest BCUT2D eigenvalue weighted by Gasteiger charge is -1.79. The lowest BCUT2D eigenvalue weighted by molar-refractivity contribution is -0.116. The predicted molar refractivity (Wildman–Crippen MR) is 41.1 cm³/mol. The third-order valence-electron chi connectivity index (χ3n) is 0.857. The molecule has 0 aliphatic heterocycles. The lowest BCUT2D eigenvalue weighted by atomic mass is 10.3. The summed E-state index contributed by atoms with van der Waals surface area (Å²) >= 11 is 0. The van der Waals surface area contributed by atoms with Crippen LogP contribution < -0.4 is 0 Å². The van der Waals surface area contributed by atoms with E-state index in [4.69, 9.17) is 6.42 Å². The summed E-state index contributed by atoms with van der Waals surface area (Å²) in [6.07, 6.45) is 6.71. The van der Waals surface area contributed by atoms with Gasteiger partial charge in [0.15, 0.2) is 0 Å². The molecule has 52 valence electrons. The second-order valence-corrected chi connectivity index (χ2v) is 1.94. The molecule has 0 amide bonds. The summed E-state index contributed by atoms with van der Waals surface area (Å²) in [6, 6.07) is 0. The molecule has 0 saturated carbocycles. The number of Topliss-reactive ketones (excluding diaryl/α,β-unsaturated/α-hetero) is 1. The molecule has 0 atom stereocenters. The molecule has 1 heteroatoms. The summed E-state index contributed by atoms with van der Waals surface area (Å²) in [5.74, 6) is 8.10. The van der Waals surface area contributed by atoms with Crippen LogP contribution in [0.1, 0.15) is 26.2 Å². The zero-order valence-electron chi connectivity index (χ0n) is 6.11. The highest BCUT2D eigenvalue weighted by atomic mass is 16.1. The fraction of sp³-hybridized carbons (Fsp3) is 0.444. The maximum absolute atomic E-state index is 10.3. The molecule has 0 aliphatic rings. The molecule has 0 aromatic carbocycles. The molecule has 0 bridgehead atoms. The van der Waals surface area contributed by atoms with Gasteiger partial charge in [-0.05, 0) is 6.92 Å². The summed E-state index contributed by atoms with van der Waals surface area (Å²) in [4.78, 5) is 10.3. The van der Waals surface area contributed by atoms with Crippen molar-refractivity contribution in [2.24, 2.45) is 0 Å². The third kappa shape index (κ3) is 6.79. The van der Waals surface area contributed by atoms with Gasteiger partial charge in [-0.25, -0.2) is 0 Å². The van der Waals surface area contributed by atoms with Gasteiger partial charge in [-0.3, -0.25) is 4.79 Å². The number of ketones is 1. The van der Waals surface area contributed by atoms with Crippen LogP contribution in [0.2, 0.25) is 0 Å². The van der Waals surface area contributed by atoms with Crippen LogP contribution >= 0.6 is 0 Å². The van der Waals surface area contributed by atoms with Crippen LogP contribution in [0.5, 0.6) is 0 Å². The van der Waals surface area contributed by atoms with E-state index in [-0.39, 0.29) is 5.78 Å². The smallest absolute Gasteiger partial charge is 0.141 e. The van der Waals surface area contributed by atoms with Gasteiger partial charge in [-0.1, -0.05) is 5.92 Å². The quantitative estimate of drug-likeness (QED) is 0.412. The number of carbonyl (C=O) groups is 1. The summed E-state index contributed by atoms with van der Waals surface area (Å²) in [6.45, 7) is 1.52. The molecule has 0 heterocycles. The van der Waals surface area contributed by atoms with Gasteiger partial charge in [-0.2, -0.15) is 0 Å². The van der Waals surface area contributed by atoms with Gasteiger partial charge >= 0.3 is 0 Å². The largest absolute Gasteiger partial charge is 0.299 e. The van der Waals surface area contributed by atoms with E-state index in [2.05, 4.69) is 17.8 Å². The Balaban J connectivity index is 3.34. The van der Waals surface area contributed by atoms with Crippen LogP contribution in [-0.2, 0) is 4.79 Å². The molecule has 0 aromatic rings. The molecule has 0 fully saturated rings. The third-order valence-corrected chi connectivity index (χ3v) is 0.857. The summed E-state index contributed by atoms with van der Waals surface area (Å²) < 4.78 is 0. The van der Waals surface area contributed by atoms with E-state index in [9.17, 15) is 4.79 Å². The Kier molecular flexibility index (Phi) is 5.20. The van der Waals surface area contributed by atoms with Gasteiger partial charge in [-0.15, -0.1) is 18.3 Å². The monoisotopic (exact) mass is 134 g/mol. The number of carbonyl (C=O) groups excluding carboxylic acids is 1. The van der Waals surface area contributed by atoms with Gasteiger partial charge in [0.25, 0.3) is 0 Å². The van der Waals surface area contributed by atoms with Gasteiger partial charge in [0.2, 0.25) is 0 Å². The van der Waals surface area contributed by atoms with Crippen molar-refractivity contribution in [1.29, 1.82) is 0 Å². The molecular formula is C9H10O. The summed E-state index contributed by atoms with van der Waals surface area (Å²) in [5.41, 5.74) is 0. The zero-order valence-corrected chi connectivity index (χ0v) is 6.11.